The quantitative estimate of drug-likeness (QED) is 0.890. The van der Waals surface area contributed by atoms with Crippen LogP contribution in [0.15, 0.2) is 22.6 Å². The Bertz CT molecular complexity index is 602. The number of fused-ring (bicyclic) bond motifs is 3. The van der Waals surface area contributed by atoms with Gasteiger partial charge in [0.2, 0.25) is 0 Å². The lowest BCUT2D eigenvalue weighted by molar-refractivity contribution is 0.440. The second-order valence-electron chi connectivity index (χ2n) is 5.82. The second kappa shape index (κ2) is 5.49. The van der Waals surface area contributed by atoms with E-state index in [9.17, 15) is 5.11 Å². The van der Waals surface area contributed by atoms with Crippen LogP contribution in [-0.4, -0.2) is 17.7 Å². The zero-order chi connectivity index (χ0) is 14.1. The molecule has 0 bridgehead atoms. The number of nitrogens with one attached hydrogen (secondary N) is 1. The van der Waals surface area contributed by atoms with Crippen LogP contribution in [0.3, 0.4) is 0 Å². The minimum Gasteiger partial charge on any atom is -0.508 e. The van der Waals surface area contributed by atoms with Crippen LogP contribution < -0.4 is 5.32 Å². The molecule has 0 aliphatic carbocycles. The van der Waals surface area contributed by atoms with Crippen molar-refractivity contribution in [2.24, 2.45) is 0 Å². The normalized spacial score (nSPS) is 22.7. The van der Waals surface area contributed by atoms with Crippen LogP contribution in [0, 0.1) is 0 Å². The molecule has 0 fully saturated rings. The summed E-state index contributed by atoms with van der Waals surface area (Å²) < 4.78 is 6.08. The molecule has 1 aromatic carbocycles. The Balaban J connectivity index is 2.09. The van der Waals surface area contributed by atoms with Gasteiger partial charge in [0.1, 0.15) is 17.1 Å². The smallest absolute Gasteiger partial charge is 0.134 e. The van der Waals surface area contributed by atoms with E-state index >= 15 is 0 Å². The monoisotopic (exact) mass is 273 g/mol. The van der Waals surface area contributed by atoms with Gasteiger partial charge in [-0.1, -0.05) is 20.3 Å². The van der Waals surface area contributed by atoms with E-state index in [0.29, 0.717) is 17.7 Å². The molecule has 1 aliphatic heterocycles. The van der Waals surface area contributed by atoms with Gasteiger partial charge in [-0.2, -0.15) is 0 Å². The van der Waals surface area contributed by atoms with Crippen LogP contribution in [0.4, 0.5) is 0 Å². The van der Waals surface area contributed by atoms with Crippen LogP contribution in [0.2, 0.25) is 0 Å². The van der Waals surface area contributed by atoms with E-state index in [1.807, 2.05) is 12.1 Å². The number of phenolic OH excluding ortho intramolecular Hbond substituents is 1. The summed E-state index contributed by atoms with van der Waals surface area (Å²) in [6.07, 6.45) is 4.40. The lowest BCUT2D eigenvalue weighted by Crippen LogP contribution is -2.31. The molecule has 108 valence electrons. The third kappa shape index (κ3) is 2.31. The predicted molar refractivity (Wildman–Crippen MR) is 81.3 cm³/mol. The van der Waals surface area contributed by atoms with Crippen molar-refractivity contribution < 1.29 is 9.52 Å². The summed E-state index contributed by atoms with van der Waals surface area (Å²) in [4.78, 5) is 0. The number of aromatic hydroxyl groups is 1. The Morgan fingerprint density at radius 1 is 1.35 bits per heavy atom. The van der Waals surface area contributed by atoms with Crippen molar-refractivity contribution in [2.45, 2.75) is 51.5 Å². The van der Waals surface area contributed by atoms with E-state index in [1.54, 1.807) is 6.07 Å². The van der Waals surface area contributed by atoms with Crippen molar-refractivity contribution in [3.05, 3.63) is 29.5 Å². The van der Waals surface area contributed by atoms with Crippen LogP contribution in [0.5, 0.6) is 5.75 Å². The third-order valence-corrected chi connectivity index (χ3v) is 4.41. The molecule has 2 heterocycles. The fraction of sp³-hybridized carbons (Fsp3) is 0.529. The highest BCUT2D eigenvalue weighted by atomic mass is 16.3. The molecule has 3 rings (SSSR count). The number of hydrogen-bond donors (Lipinski definition) is 2. The molecule has 0 saturated heterocycles. The molecule has 0 radical (unpaired) electrons. The standard InChI is InChI=1S/C17H23NO2/c1-3-5-12-8-16-17(11(4-2)10-18-12)14-9-13(19)6-7-15(14)20-16/h6-7,9,11-12,18-19H,3-5,8,10H2,1-2H3. The average molecular weight is 273 g/mol. The highest BCUT2D eigenvalue weighted by Crippen LogP contribution is 2.37. The Labute approximate surface area is 120 Å². The van der Waals surface area contributed by atoms with Gasteiger partial charge in [0.15, 0.2) is 0 Å². The first kappa shape index (κ1) is 13.5. The Kier molecular flexibility index (Phi) is 3.70. The average Bonchev–Trinajstić information content (AvgIpc) is 2.68. The van der Waals surface area contributed by atoms with Gasteiger partial charge in [-0.15, -0.1) is 0 Å². The van der Waals surface area contributed by atoms with Crippen LogP contribution in [0.1, 0.15) is 50.4 Å². The molecule has 2 aromatic rings. The number of phenols is 1. The van der Waals surface area contributed by atoms with Gasteiger partial charge in [0.25, 0.3) is 0 Å². The van der Waals surface area contributed by atoms with Gasteiger partial charge in [-0.25, -0.2) is 0 Å². The third-order valence-electron chi connectivity index (χ3n) is 4.41. The zero-order valence-electron chi connectivity index (χ0n) is 12.3. The summed E-state index contributed by atoms with van der Waals surface area (Å²) in [6, 6.07) is 5.94. The number of benzene rings is 1. The van der Waals surface area contributed by atoms with Crippen molar-refractivity contribution in [1.29, 1.82) is 0 Å². The van der Waals surface area contributed by atoms with Crippen LogP contribution in [-0.2, 0) is 6.42 Å². The van der Waals surface area contributed by atoms with E-state index in [-0.39, 0.29) is 0 Å². The fourth-order valence-corrected chi connectivity index (χ4v) is 3.36. The summed E-state index contributed by atoms with van der Waals surface area (Å²) in [6.45, 7) is 5.44. The van der Waals surface area contributed by atoms with Gasteiger partial charge in [0, 0.05) is 35.9 Å². The number of furan rings is 1. The number of hydrogen-bond acceptors (Lipinski definition) is 3. The highest BCUT2D eigenvalue weighted by molar-refractivity contribution is 5.84. The molecule has 2 N–H and O–H groups in total. The molecular weight excluding hydrogens is 250 g/mol. The first-order chi connectivity index (χ1) is 9.72. The lowest BCUT2D eigenvalue weighted by atomic mass is 9.93. The summed E-state index contributed by atoms with van der Waals surface area (Å²) in [5.74, 6) is 1.90. The molecule has 1 aromatic heterocycles. The van der Waals surface area contributed by atoms with E-state index in [4.69, 9.17) is 4.42 Å². The summed E-state index contributed by atoms with van der Waals surface area (Å²) >= 11 is 0. The topological polar surface area (TPSA) is 45.4 Å². The highest BCUT2D eigenvalue weighted by Gasteiger charge is 2.27. The number of rotatable bonds is 3. The largest absolute Gasteiger partial charge is 0.508 e. The fourth-order valence-electron chi connectivity index (χ4n) is 3.36. The Morgan fingerprint density at radius 2 is 2.20 bits per heavy atom. The maximum atomic E-state index is 9.76. The minimum absolute atomic E-state index is 0.318. The molecule has 0 amide bonds. The molecule has 3 heteroatoms. The summed E-state index contributed by atoms with van der Waals surface area (Å²) in [5.41, 5.74) is 2.22. The molecular formula is C17H23NO2. The van der Waals surface area contributed by atoms with Crippen LogP contribution >= 0.6 is 0 Å². The zero-order valence-corrected chi connectivity index (χ0v) is 12.3. The lowest BCUT2D eigenvalue weighted by Gasteiger charge is -2.16. The molecule has 3 nitrogen and oxygen atoms in total. The maximum absolute atomic E-state index is 9.76. The van der Waals surface area contributed by atoms with Gasteiger partial charge in [-0.05, 0) is 31.0 Å². The van der Waals surface area contributed by atoms with Gasteiger partial charge < -0.3 is 14.8 Å². The molecule has 0 saturated carbocycles. The van der Waals surface area contributed by atoms with Gasteiger partial charge in [0.05, 0.1) is 0 Å². The first-order valence-corrected chi connectivity index (χ1v) is 7.70. The van der Waals surface area contributed by atoms with E-state index < -0.39 is 0 Å². The van der Waals surface area contributed by atoms with Crippen molar-refractivity contribution in [1.82, 2.24) is 5.32 Å². The molecule has 1 aliphatic rings. The van der Waals surface area contributed by atoms with Crippen molar-refractivity contribution >= 4 is 11.0 Å². The van der Waals surface area contributed by atoms with E-state index in [2.05, 4.69) is 19.2 Å². The first-order valence-electron chi connectivity index (χ1n) is 7.70. The maximum Gasteiger partial charge on any atom is 0.134 e. The SMILES string of the molecule is CCCC1Cc2oc3ccc(O)cc3c2C(CC)CN1. The van der Waals surface area contributed by atoms with Crippen molar-refractivity contribution in [2.75, 3.05) is 6.54 Å². The summed E-state index contributed by atoms with van der Waals surface area (Å²) in [5, 5.41) is 14.5. The minimum atomic E-state index is 0.318. The predicted octanol–water partition coefficient (Wildman–Crippen LogP) is 3.95. The summed E-state index contributed by atoms with van der Waals surface area (Å²) in [7, 11) is 0. The van der Waals surface area contributed by atoms with Crippen molar-refractivity contribution in [3.8, 4) is 5.75 Å². The Morgan fingerprint density at radius 3 is 2.95 bits per heavy atom. The van der Waals surface area contributed by atoms with E-state index in [1.165, 1.54) is 18.4 Å². The van der Waals surface area contributed by atoms with E-state index in [0.717, 1.165) is 36.1 Å². The van der Waals surface area contributed by atoms with Gasteiger partial charge >= 0.3 is 0 Å². The molecule has 2 unspecified atom stereocenters. The second-order valence-corrected chi connectivity index (χ2v) is 5.82. The van der Waals surface area contributed by atoms with Crippen molar-refractivity contribution in [3.63, 3.8) is 0 Å². The van der Waals surface area contributed by atoms with Gasteiger partial charge in [-0.3, -0.25) is 0 Å². The Hall–Kier alpha value is -1.48. The molecule has 0 spiro atoms. The molecule has 20 heavy (non-hydrogen) atoms. The van der Waals surface area contributed by atoms with Crippen LogP contribution in [0.25, 0.3) is 11.0 Å². The molecule has 2 atom stereocenters.